The van der Waals surface area contributed by atoms with E-state index < -0.39 is 0 Å². The van der Waals surface area contributed by atoms with Crippen molar-refractivity contribution in [2.45, 2.75) is 72.8 Å². The van der Waals surface area contributed by atoms with Crippen molar-refractivity contribution in [2.75, 3.05) is 0 Å². The van der Waals surface area contributed by atoms with Gasteiger partial charge < -0.3 is 4.74 Å². The first-order chi connectivity index (χ1) is 8.78. The summed E-state index contributed by atoms with van der Waals surface area (Å²) in [5.74, 6) is 0.472. The van der Waals surface area contributed by atoms with E-state index in [1.165, 1.54) is 18.4 Å². The Morgan fingerprint density at radius 1 is 1.37 bits per heavy atom. The zero-order valence-electron chi connectivity index (χ0n) is 13.1. The van der Waals surface area contributed by atoms with Crippen LogP contribution >= 0.6 is 0 Å². The van der Waals surface area contributed by atoms with E-state index in [2.05, 4.69) is 33.8 Å². The summed E-state index contributed by atoms with van der Waals surface area (Å²) in [5, 5.41) is 0. The van der Waals surface area contributed by atoms with Crippen LogP contribution in [0, 0.1) is 16.7 Å². The molecule has 0 N–H and O–H groups in total. The minimum Gasteiger partial charge on any atom is -0.461 e. The van der Waals surface area contributed by atoms with Gasteiger partial charge >= 0.3 is 5.97 Å². The normalized spacial score (nSPS) is 37.8. The second-order valence-corrected chi connectivity index (χ2v) is 7.42. The molecule has 2 aliphatic carbocycles. The van der Waals surface area contributed by atoms with E-state index in [-0.39, 0.29) is 22.9 Å². The molecule has 0 aromatic heterocycles. The topological polar surface area (TPSA) is 26.3 Å². The van der Waals surface area contributed by atoms with Crippen LogP contribution in [-0.2, 0) is 9.53 Å². The van der Waals surface area contributed by atoms with Crippen LogP contribution in [0.25, 0.3) is 0 Å². The number of carbonyl (C=O) groups excluding carboxylic acids is 1. The van der Waals surface area contributed by atoms with Gasteiger partial charge in [-0.2, -0.15) is 0 Å². The fourth-order valence-electron chi connectivity index (χ4n) is 4.41. The Kier molecular flexibility index (Phi) is 3.81. The van der Waals surface area contributed by atoms with Gasteiger partial charge in [0, 0.05) is 17.8 Å². The van der Waals surface area contributed by atoms with Crippen molar-refractivity contribution in [2.24, 2.45) is 16.7 Å². The molecule has 0 unspecified atom stereocenters. The maximum absolute atomic E-state index is 11.6. The van der Waals surface area contributed by atoms with Gasteiger partial charge in [-0.15, -0.1) is 0 Å². The van der Waals surface area contributed by atoms with Gasteiger partial charge in [-0.05, 0) is 38.5 Å². The van der Waals surface area contributed by atoms with Crippen molar-refractivity contribution < 1.29 is 9.53 Å². The van der Waals surface area contributed by atoms with Gasteiger partial charge in [0.1, 0.15) is 6.10 Å². The number of allylic oxidation sites excluding steroid dienone is 2. The molecule has 3 atom stereocenters. The average Bonchev–Trinajstić information content (AvgIpc) is 2.28. The Hall–Kier alpha value is -0.790. The van der Waals surface area contributed by atoms with Gasteiger partial charge in [0.2, 0.25) is 0 Å². The molecule has 19 heavy (non-hydrogen) atoms. The van der Waals surface area contributed by atoms with Crippen molar-refractivity contribution in [3.8, 4) is 0 Å². The molecule has 2 nitrogen and oxygen atoms in total. The number of hydrogen-bond donors (Lipinski definition) is 0. The van der Waals surface area contributed by atoms with Gasteiger partial charge in [0.25, 0.3) is 0 Å². The lowest BCUT2D eigenvalue weighted by atomic mass is 9.53. The van der Waals surface area contributed by atoms with Crippen LogP contribution in [-0.4, -0.2) is 12.1 Å². The molecule has 1 saturated carbocycles. The third-order valence-corrected chi connectivity index (χ3v) is 5.42. The molecule has 1 spiro atoms. The molecule has 108 valence electrons. The highest BCUT2D eigenvalue weighted by atomic mass is 16.5. The van der Waals surface area contributed by atoms with Crippen LogP contribution in [0.1, 0.15) is 66.7 Å². The van der Waals surface area contributed by atoms with E-state index in [0.29, 0.717) is 5.92 Å². The molecule has 2 rings (SSSR count). The second-order valence-electron chi connectivity index (χ2n) is 7.42. The second kappa shape index (κ2) is 4.96. The Morgan fingerprint density at radius 2 is 2.05 bits per heavy atom. The lowest BCUT2D eigenvalue weighted by molar-refractivity contribution is -0.180. The maximum atomic E-state index is 11.6. The molecule has 0 bridgehead atoms. The SMILES string of the molecule is CC(=O)O[C@@H]1C(C)(C)CCC[C@]12CC=C(C)C[C@H]2C. The summed E-state index contributed by atoms with van der Waals surface area (Å²) in [6, 6.07) is 0. The zero-order valence-corrected chi connectivity index (χ0v) is 13.1. The van der Waals surface area contributed by atoms with Crippen molar-refractivity contribution in [3.05, 3.63) is 11.6 Å². The Bertz CT molecular complexity index is 394. The van der Waals surface area contributed by atoms with E-state index in [1.54, 1.807) is 6.92 Å². The fraction of sp³-hybridized carbons (Fsp3) is 0.824. The largest absolute Gasteiger partial charge is 0.461 e. The molecule has 1 fully saturated rings. The Morgan fingerprint density at radius 3 is 2.63 bits per heavy atom. The molecule has 2 aliphatic rings. The summed E-state index contributed by atoms with van der Waals surface area (Å²) in [6.07, 6.45) is 8.25. The van der Waals surface area contributed by atoms with E-state index in [4.69, 9.17) is 4.74 Å². The summed E-state index contributed by atoms with van der Waals surface area (Å²) in [6.45, 7) is 10.6. The van der Waals surface area contributed by atoms with Crippen LogP contribution in [0.3, 0.4) is 0 Å². The first kappa shape index (κ1) is 14.6. The molecular weight excluding hydrogens is 236 g/mol. The van der Waals surface area contributed by atoms with Crippen LogP contribution in [0.5, 0.6) is 0 Å². The molecule has 0 amide bonds. The van der Waals surface area contributed by atoms with E-state index >= 15 is 0 Å². The lowest BCUT2D eigenvalue weighted by Crippen LogP contribution is -2.54. The molecule has 0 heterocycles. The molecule has 0 aromatic carbocycles. The molecule has 2 heteroatoms. The van der Waals surface area contributed by atoms with Crippen LogP contribution in [0.15, 0.2) is 11.6 Å². The standard InChI is InChI=1S/C17H28O2/c1-12-7-10-17(13(2)11-12)9-6-8-16(4,5)15(17)19-14(3)18/h7,13,15H,6,8-11H2,1-5H3/t13-,15-,17-/m1/s1. The third kappa shape index (κ3) is 2.59. The number of esters is 1. The van der Waals surface area contributed by atoms with E-state index in [0.717, 1.165) is 19.3 Å². The first-order valence-electron chi connectivity index (χ1n) is 7.61. The third-order valence-electron chi connectivity index (χ3n) is 5.42. The van der Waals surface area contributed by atoms with Crippen LogP contribution in [0.2, 0.25) is 0 Å². The summed E-state index contributed by atoms with van der Waals surface area (Å²) < 4.78 is 5.84. The highest BCUT2D eigenvalue weighted by molar-refractivity contribution is 5.66. The Labute approximate surface area is 117 Å². The summed E-state index contributed by atoms with van der Waals surface area (Å²) in [5.41, 5.74) is 1.74. The molecule has 0 aromatic rings. The average molecular weight is 264 g/mol. The van der Waals surface area contributed by atoms with E-state index in [9.17, 15) is 4.79 Å². The lowest BCUT2D eigenvalue weighted by Gasteiger charge is -2.55. The van der Waals surface area contributed by atoms with Crippen molar-refractivity contribution in [1.82, 2.24) is 0 Å². The fourth-order valence-corrected chi connectivity index (χ4v) is 4.41. The van der Waals surface area contributed by atoms with Crippen molar-refractivity contribution >= 4 is 5.97 Å². The smallest absolute Gasteiger partial charge is 0.302 e. The quantitative estimate of drug-likeness (QED) is 0.515. The highest BCUT2D eigenvalue weighted by Crippen LogP contribution is 2.56. The number of carbonyl (C=O) groups is 1. The van der Waals surface area contributed by atoms with Crippen LogP contribution < -0.4 is 0 Å². The molecular formula is C17H28O2. The Balaban J connectivity index is 2.37. The predicted molar refractivity (Wildman–Crippen MR) is 77.8 cm³/mol. The van der Waals surface area contributed by atoms with E-state index in [1.807, 2.05) is 0 Å². The van der Waals surface area contributed by atoms with Gasteiger partial charge in [0.15, 0.2) is 0 Å². The summed E-state index contributed by atoms with van der Waals surface area (Å²) in [4.78, 5) is 11.6. The monoisotopic (exact) mass is 264 g/mol. The van der Waals surface area contributed by atoms with Crippen molar-refractivity contribution in [3.63, 3.8) is 0 Å². The minimum atomic E-state index is -0.127. The van der Waals surface area contributed by atoms with Gasteiger partial charge in [-0.25, -0.2) is 0 Å². The molecule has 0 radical (unpaired) electrons. The minimum absolute atomic E-state index is 0.0607. The van der Waals surface area contributed by atoms with Crippen LogP contribution in [0.4, 0.5) is 0 Å². The number of rotatable bonds is 1. The molecule has 0 aliphatic heterocycles. The highest BCUT2D eigenvalue weighted by Gasteiger charge is 2.54. The van der Waals surface area contributed by atoms with Gasteiger partial charge in [-0.3, -0.25) is 4.79 Å². The number of ether oxygens (including phenoxy) is 1. The summed E-state index contributed by atoms with van der Waals surface area (Å²) >= 11 is 0. The van der Waals surface area contributed by atoms with Crippen molar-refractivity contribution in [1.29, 1.82) is 0 Å². The number of hydrogen-bond acceptors (Lipinski definition) is 2. The molecule has 0 saturated heterocycles. The predicted octanol–water partition coefficient (Wildman–Crippen LogP) is 4.49. The van der Waals surface area contributed by atoms with Gasteiger partial charge in [0.05, 0.1) is 0 Å². The van der Waals surface area contributed by atoms with Gasteiger partial charge in [-0.1, -0.05) is 38.8 Å². The maximum Gasteiger partial charge on any atom is 0.302 e. The zero-order chi connectivity index (χ0) is 14.3. The summed E-state index contributed by atoms with van der Waals surface area (Å²) in [7, 11) is 0. The first-order valence-corrected chi connectivity index (χ1v) is 7.61.